The molecule has 1 aromatic heterocycles. The Bertz CT molecular complexity index is 607. The maximum Gasteiger partial charge on any atom is 0.149 e. The van der Waals surface area contributed by atoms with Crippen molar-refractivity contribution in [3.05, 3.63) is 39.8 Å². The lowest BCUT2D eigenvalue weighted by molar-refractivity contribution is 0.631. The first kappa shape index (κ1) is 11.0. The normalized spacial score (nSPS) is 15.0. The summed E-state index contributed by atoms with van der Waals surface area (Å²) in [6, 6.07) is 3.23. The number of aromatic nitrogens is 1. The van der Waals surface area contributed by atoms with Crippen LogP contribution >= 0.6 is 11.6 Å². The molecule has 0 fully saturated rings. The highest BCUT2D eigenvalue weighted by atomic mass is 35.5. The van der Waals surface area contributed by atoms with Gasteiger partial charge < -0.3 is 0 Å². The van der Waals surface area contributed by atoms with Crippen LogP contribution in [0.2, 0.25) is 5.02 Å². The Labute approximate surface area is 105 Å². The number of hydrogen-bond donors (Lipinski definition) is 0. The van der Waals surface area contributed by atoms with Crippen molar-refractivity contribution >= 4 is 22.5 Å². The Morgan fingerprint density at radius 2 is 2.00 bits per heavy atom. The molecule has 0 N–H and O–H groups in total. The minimum Gasteiger partial charge on any atom is -0.249 e. The Hall–Kier alpha value is -1.15. The van der Waals surface area contributed by atoms with Crippen LogP contribution in [-0.2, 0) is 12.8 Å². The van der Waals surface area contributed by atoms with Crippen molar-refractivity contribution in [2.45, 2.75) is 32.6 Å². The first-order valence-corrected chi connectivity index (χ1v) is 6.32. The molecule has 0 radical (unpaired) electrons. The third-order valence-corrected chi connectivity index (χ3v) is 3.92. The fourth-order valence-corrected chi connectivity index (χ4v) is 3.03. The molecule has 1 nitrogen and oxygen atoms in total. The lowest BCUT2D eigenvalue weighted by Crippen LogP contribution is -2.07. The number of hydrogen-bond acceptors (Lipinski definition) is 1. The summed E-state index contributed by atoms with van der Waals surface area (Å²) in [6.07, 6.45) is 4.15. The fourth-order valence-electron chi connectivity index (χ4n) is 2.59. The van der Waals surface area contributed by atoms with E-state index < -0.39 is 0 Å². The molecule has 2 aromatic rings. The van der Waals surface area contributed by atoms with Gasteiger partial charge in [-0.1, -0.05) is 17.7 Å². The summed E-state index contributed by atoms with van der Waals surface area (Å²) >= 11 is 6.43. The van der Waals surface area contributed by atoms with Crippen molar-refractivity contribution in [3.63, 3.8) is 0 Å². The Morgan fingerprint density at radius 3 is 2.82 bits per heavy atom. The van der Waals surface area contributed by atoms with Crippen LogP contribution in [0.3, 0.4) is 0 Å². The van der Waals surface area contributed by atoms with E-state index in [9.17, 15) is 4.39 Å². The quantitative estimate of drug-likeness (QED) is 0.681. The summed E-state index contributed by atoms with van der Waals surface area (Å²) in [4.78, 5) is 4.48. The van der Waals surface area contributed by atoms with Crippen LogP contribution in [0, 0.1) is 12.7 Å². The van der Waals surface area contributed by atoms with E-state index in [1.54, 1.807) is 6.07 Å². The van der Waals surface area contributed by atoms with E-state index in [1.165, 1.54) is 6.07 Å². The number of halogens is 2. The van der Waals surface area contributed by atoms with Crippen molar-refractivity contribution in [3.8, 4) is 0 Å². The summed E-state index contributed by atoms with van der Waals surface area (Å²) in [6.45, 7) is 1.95. The Balaban J connectivity index is 2.44. The van der Waals surface area contributed by atoms with Gasteiger partial charge in [0, 0.05) is 11.1 Å². The zero-order valence-electron chi connectivity index (χ0n) is 9.69. The number of benzene rings is 1. The molecule has 17 heavy (non-hydrogen) atoms. The molecule has 0 amide bonds. The van der Waals surface area contributed by atoms with Gasteiger partial charge >= 0.3 is 0 Å². The molecular weight excluding hydrogens is 237 g/mol. The van der Waals surface area contributed by atoms with Gasteiger partial charge in [-0.2, -0.15) is 0 Å². The lowest BCUT2D eigenvalue weighted by atomic mass is 9.93. The molecule has 0 atom stereocenters. The first-order chi connectivity index (χ1) is 8.18. The van der Waals surface area contributed by atoms with Crippen LogP contribution in [0.25, 0.3) is 10.9 Å². The molecule has 3 heteroatoms. The molecule has 0 saturated heterocycles. The van der Waals surface area contributed by atoms with Gasteiger partial charge in [0.2, 0.25) is 0 Å². The number of nitrogens with zero attached hydrogens (tertiary/aromatic N) is 1. The summed E-state index contributed by atoms with van der Waals surface area (Å²) in [7, 11) is 0. The second-order valence-electron chi connectivity index (χ2n) is 4.65. The maximum absolute atomic E-state index is 13.8. The zero-order chi connectivity index (χ0) is 12.0. The average Bonchev–Trinajstić information content (AvgIpc) is 2.34. The minimum atomic E-state index is -0.277. The Kier molecular flexibility index (Phi) is 2.55. The molecule has 1 heterocycles. The standard InChI is InChI=1S/C14H13ClFN/c1-8-6-7-10(16)14-12(8)13(15)9-4-2-3-5-11(9)17-14/h6-7H,2-5H2,1H3. The molecule has 1 aliphatic rings. The number of fused-ring (bicyclic) bond motifs is 2. The lowest BCUT2D eigenvalue weighted by Gasteiger charge is -2.18. The maximum atomic E-state index is 13.8. The van der Waals surface area contributed by atoms with E-state index in [4.69, 9.17) is 11.6 Å². The monoisotopic (exact) mass is 249 g/mol. The highest BCUT2D eigenvalue weighted by Crippen LogP contribution is 2.35. The summed E-state index contributed by atoms with van der Waals surface area (Å²) in [5.74, 6) is -0.277. The largest absolute Gasteiger partial charge is 0.249 e. The van der Waals surface area contributed by atoms with E-state index in [0.29, 0.717) is 10.5 Å². The van der Waals surface area contributed by atoms with Crippen LogP contribution in [0.1, 0.15) is 29.7 Å². The molecule has 0 aliphatic heterocycles. The minimum absolute atomic E-state index is 0.277. The number of aryl methyl sites for hydroxylation is 2. The van der Waals surface area contributed by atoms with Gasteiger partial charge in [0.15, 0.2) is 0 Å². The molecular formula is C14H13ClFN. The van der Waals surface area contributed by atoms with Crippen molar-refractivity contribution in [2.75, 3.05) is 0 Å². The van der Waals surface area contributed by atoms with Crippen molar-refractivity contribution < 1.29 is 4.39 Å². The zero-order valence-corrected chi connectivity index (χ0v) is 10.4. The van der Waals surface area contributed by atoms with E-state index in [2.05, 4.69) is 4.98 Å². The SMILES string of the molecule is Cc1ccc(F)c2nc3c(c(Cl)c12)CCCC3. The summed E-state index contributed by atoms with van der Waals surface area (Å²) < 4.78 is 13.8. The third kappa shape index (κ3) is 1.62. The molecule has 88 valence electrons. The predicted molar refractivity (Wildman–Crippen MR) is 68.1 cm³/mol. The summed E-state index contributed by atoms with van der Waals surface area (Å²) in [5, 5.41) is 1.49. The van der Waals surface area contributed by atoms with Gasteiger partial charge in [-0.25, -0.2) is 9.37 Å². The number of rotatable bonds is 0. The highest BCUT2D eigenvalue weighted by molar-refractivity contribution is 6.36. The van der Waals surface area contributed by atoms with E-state index in [-0.39, 0.29) is 5.82 Å². The van der Waals surface area contributed by atoms with Crippen LogP contribution in [0.5, 0.6) is 0 Å². The van der Waals surface area contributed by atoms with Crippen LogP contribution in [0.15, 0.2) is 12.1 Å². The molecule has 0 unspecified atom stereocenters. The molecule has 0 saturated carbocycles. The molecule has 0 spiro atoms. The van der Waals surface area contributed by atoms with Gasteiger partial charge in [0.05, 0.1) is 5.02 Å². The molecule has 3 rings (SSSR count). The second kappa shape index (κ2) is 3.95. The topological polar surface area (TPSA) is 12.9 Å². The molecule has 1 aliphatic carbocycles. The second-order valence-corrected chi connectivity index (χ2v) is 5.02. The van der Waals surface area contributed by atoms with Crippen molar-refractivity contribution in [1.29, 1.82) is 0 Å². The molecule has 0 bridgehead atoms. The first-order valence-electron chi connectivity index (χ1n) is 5.94. The summed E-state index contributed by atoms with van der Waals surface area (Å²) in [5.41, 5.74) is 3.53. The van der Waals surface area contributed by atoms with Gasteiger partial charge in [-0.05, 0) is 49.8 Å². The third-order valence-electron chi connectivity index (χ3n) is 3.51. The highest BCUT2D eigenvalue weighted by Gasteiger charge is 2.19. The van der Waals surface area contributed by atoms with Gasteiger partial charge in [-0.3, -0.25) is 0 Å². The average molecular weight is 250 g/mol. The fraction of sp³-hybridized carbons (Fsp3) is 0.357. The van der Waals surface area contributed by atoms with E-state index in [1.807, 2.05) is 6.92 Å². The van der Waals surface area contributed by atoms with Gasteiger partial charge in [0.25, 0.3) is 0 Å². The predicted octanol–water partition coefficient (Wildman–Crippen LogP) is 4.21. The van der Waals surface area contributed by atoms with Crippen molar-refractivity contribution in [1.82, 2.24) is 4.98 Å². The van der Waals surface area contributed by atoms with E-state index in [0.717, 1.165) is 47.9 Å². The molecule has 1 aromatic carbocycles. The smallest absolute Gasteiger partial charge is 0.149 e. The van der Waals surface area contributed by atoms with Crippen LogP contribution in [-0.4, -0.2) is 4.98 Å². The van der Waals surface area contributed by atoms with Crippen LogP contribution in [0.4, 0.5) is 4.39 Å². The Morgan fingerprint density at radius 1 is 1.24 bits per heavy atom. The van der Waals surface area contributed by atoms with Crippen molar-refractivity contribution in [2.24, 2.45) is 0 Å². The van der Waals surface area contributed by atoms with Gasteiger partial charge in [-0.15, -0.1) is 0 Å². The van der Waals surface area contributed by atoms with E-state index >= 15 is 0 Å². The van der Waals surface area contributed by atoms with Crippen LogP contribution < -0.4 is 0 Å². The number of pyridine rings is 1. The van der Waals surface area contributed by atoms with Gasteiger partial charge in [0.1, 0.15) is 11.3 Å².